The van der Waals surface area contributed by atoms with Crippen LogP contribution in [-0.2, 0) is 4.79 Å². The lowest BCUT2D eigenvalue weighted by molar-refractivity contribution is -0.117. The Morgan fingerprint density at radius 2 is 2.41 bits per heavy atom. The molecule has 0 spiro atoms. The molecule has 1 fully saturated rings. The van der Waals surface area contributed by atoms with Gasteiger partial charge in [-0.25, -0.2) is 0 Å². The molecule has 2 rings (SSSR count). The summed E-state index contributed by atoms with van der Waals surface area (Å²) in [6, 6.07) is 3.62. The minimum atomic E-state index is -0.160. The number of carbonyl (C=O) groups excluding carboxylic acids is 1. The maximum atomic E-state index is 11.4. The number of rotatable bonds is 5. The largest absolute Gasteiger partial charge is 0.344 e. The second-order valence-corrected chi connectivity index (χ2v) is 4.78. The standard InChI is InChI=1S/C13H15ClN2O/c1-2-13(17)16-12(7-9-3-4-9)11-6-5-10(14)8-15-11/h2,5-6,8-9,12H,1,3-4,7H2,(H,16,17). The average molecular weight is 251 g/mol. The van der Waals surface area contributed by atoms with Gasteiger partial charge < -0.3 is 5.32 Å². The molecule has 1 N–H and O–H groups in total. The minimum absolute atomic E-state index is 0.0368. The molecule has 1 aromatic heterocycles. The second kappa shape index (κ2) is 5.32. The predicted octanol–water partition coefficient (Wildman–Crippen LogP) is 2.88. The number of amides is 1. The van der Waals surface area contributed by atoms with Crippen LogP contribution in [0.1, 0.15) is 31.0 Å². The molecule has 1 aliphatic carbocycles. The van der Waals surface area contributed by atoms with Crippen LogP contribution in [0, 0.1) is 5.92 Å². The molecule has 1 saturated carbocycles. The topological polar surface area (TPSA) is 42.0 Å². The third kappa shape index (κ3) is 3.56. The molecule has 1 heterocycles. The molecule has 1 amide bonds. The van der Waals surface area contributed by atoms with Crippen molar-refractivity contribution in [1.29, 1.82) is 0 Å². The number of nitrogens with zero attached hydrogens (tertiary/aromatic N) is 1. The van der Waals surface area contributed by atoms with Crippen LogP contribution in [0.25, 0.3) is 0 Å². The number of hydrogen-bond donors (Lipinski definition) is 1. The van der Waals surface area contributed by atoms with Crippen molar-refractivity contribution in [3.05, 3.63) is 41.7 Å². The molecule has 4 heteroatoms. The van der Waals surface area contributed by atoms with Crippen LogP contribution in [0.15, 0.2) is 31.0 Å². The van der Waals surface area contributed by atoms with Crippen molar-refractivity contribution in [3.63, 3.8) is 0 Å². The Morgan fingerprint density at radius 3 is 2.94 bits per heavy atom. The summed E-state index contributed by atoms with van der Waals surface area (Å²) < 4.78 is 0. The van der Waals surface area contributed by atoms with Crippen LogP contribution in [0.4, 0.5) is 0 Å². The summed E-state index contributed by atoms with van der Waals surface area (Å²) in [6.07, 6.45) is 6.32. The molecule has 0 radical (unpaired) electrons. The Hall–Kier alpha value is -1.35. The van der Waals surface area contributed by atoms with Crippen LogP contribution in [0.3, 0.4) is 0 Å². The molecular formula is C13H15ClN2O. The first-order chi connectivity index (χ1) is 8.19. The van der Waals surface area contributed by atoms with E-state index in [2.05, 4.69) is 16.9 Å². The fourth-order valence-electron chi connectivity index (χ4n) is 1.76. The van der Waals surface area contributed by atoms with E-state index in [1.165, 1.54) is 18.9 Å². The highest BCUT2D eigenvalue weighted by molar-refractivity contribution is 6.30. The maximum Gasteiger partial charge on any atom is 0.243 e. The Bertz CT molecular complexity index is 412. The molecule has 0 aromatic carbocycles. The summed E-state index contributed by atoms with van der Waals surface area (Å²) in [5.74, 6) is 0.551. The van der Waals surface area contributed by atoms with Gasteiger partial charge in [0, 0.05) is 6.20 Å². The van der Waals surface area contributed by atoms with E-state index in [9.17, 15) is 4.79 Å². The van der Waals surface area contributed by atoms with E-state index >= 15 is 0 Å². The monoisotopic (exact) mass is 250 g/mol. The molecule has 90 valence electrons. The molecule has 1 atom stereocenters. The van der Waals surface area contributed by atoms with Crippen molar-refractivity contribution in [2.24, 2.45) is 5.92 Å². The van der Waals surface area contributed by atoms with Crippen LogP contribution < -0.4 is 5.32 Å². The van der Waals surface area contributed by atoms with Gasteiger partial charge in [-0.15, -0.1) is 0 Å². The van der Waals surface area contributed by atoms with E-state index in [-0.39, 0.29) is 11.9 Å². The van der Waals surface area contributed by atoms with Crippen LogP contribution in [-0.4, -0.2) is 10.9 Å². The lowest BCUT2D eigenvalue weighted by Crippen LogP contribution is -2.27. The summed E-state index contributed by atoms with van der Waals surface area (Å²) in [5, 5.41) is 3.52. The Morgan fingerprint density at radius 1 is 1.65 bits per heavy atom. The normalized spacial score (nSPS) is 16.3. The van der Waals surface area contributed by atoms with Gasteiger partial charge in [-0.05, 0) is 30.5 Å². The maximum absolute atomic E-state index is 11.4. The van der Waals surface area contributed by atoms with Crippen LogP contribution in [0.2, 0.25) is 5.02 Å². The highest BCUT2D eigenvalue weighted by atomic mass is 35.5. The number of nitrogens with one attached hydrogen (secondary N) is 1. The van der Waals surface area contributed by atoms with Crippen molar-refractivity contribution >= 4 is 17.5 Å². The second-order valence-electron chi connectivity index (χ2n) is 4.35. The lowest BCUT2D eigenvalue weighted by Gasteiger charge is -2.17. The van der Waals surface area contributed by atoms with Gasteiger partial charge in [0.25, 0.3) is 0 Å². The first-order valence-electron chi connectivity index (χ1n) is 5.73. The van der Waals surface area contributed by atoms with Gasteiger partial charge in [0.05, 0.1) is 16.8 Å². The minimum Gasteiger partial charge on any atom is -0.344 e. The van der Waals surface area contributed by atoms with Crippen molar-refractivity contribution in [3.8, 4) is 0 Å². The highest BCUT2D eigenvalue weighted by Gasteiger charge is 2.27. The molecular weight excluding hydrogens is 236 g/mol. The Labute approximate surface area is 106 Å². The molecule has 17 heavy (non-hydrogen) atoms. The molecule has 0 bridgehead atoms. The number of halogens is 1. The van der Waals surface area contributed by atoms with Crippen molar-refractivity contribution in [2.75, 3.05) is 0 Å². The van der Waals surface area contributed by atoms with Gasteiger partial charge >= 0.3 is 0 Å². The highest BCUT2D eigenvalue weighted by Crippen LogP contribution is 2.37. The number of hydrogen-bond acceptors (Lipinski definition) is 2. The average Bonchev–Trinajstić information content (AvgIpc) is 3.13. The lowest BCUT2D eigenvalue weighted by atomic mass is 10.1. The Balaban J connectivity index is 2.09. The van der Waals surface area contributed by atoms with Gasteiger partial charge in [0.2, 0.25) is 5.91 Å². The van der Waals surface area contributed by atoms with Gasteiger partial charge in [-0.1, -0.05) is 31.0 Å². The number of pyridine rings is 1. The first-order valence-corrected chi connectivity index (χ1v) is 6.11. The van der Waals surface area contributed by atoms with Gasteiger partial charge in [-0.3, -0.25) is 9.78 Å². The van der Waals surface area contributed by atoms with Gasteiger partial charge in [0.1, 0.15) is 0 Å². The summed E-state index contributed by atoms with van der Waals surface area (Å²) in [4.78, 5) is 15.6. The zero-order chi connectivity index (χ0) is 12.3. The fourth-order valence-corrected chi connectivity index (χ4v) is 1.88. The zero-order valence-electron chi connectivity index (χ0n) is 9.53. The number of aromatic nitrogens is 1. The van der Waals surface area contributed by atoms with E-state index in [4.69, 9.17) is 11.6 Å². The third-order valence-corrected chi connectivity index (χ3v) is 3.10. The summed E-state index contributed by atoms with van der Waals surface area (Å²) in [6.45, 7) is 3.46. The third-order valence-electron chi connectivity index (χ3n) is 2.88. The Kier molecular flexibility index (Phi) is 3.79. The van der Waals surface area contributed by atoms with Gasteiger partial charge in [0.15, 0.2) is 0 Å². The quantitative estimate of drug-likeness (QED) is 0.817. The van der Waals surface area contributed by atoms with Gasteiger partial charge in [-0.2, -0.15) is 0 Å². The molecule has 0 aliphatic heterocycles. The van der Waals surface area contributed by atoms with Crippen molar-refractivity contribution in [2.45, 2.75) is 25.3 Å². The SMILES string of the molecule is C=CC(=O)NC(CC1CC1)c1ccc(Cl)cn1. The number of carbonyl (C=O) groups is 1. The molecule has 1 aromatic rings. The molecule has 0 saturated heterocycles. The van der Waals surface area contributed by atoms with Crippen molar-refractivity contribution in [1.82, 2.24) is 10.3 Å². The molecule has 3 nitrogen and oxygen atoms in total. The summed E-state index contributed by atoms with van der Waals surface area (Å²) in [5.41, 5.74) is 0.858. The van der Waals surface area contributed by atoms with E-state index in [1.807, 2.05) is 6.07 Å². The van der Waals surface area contributed by atoms with E-state index in [0.717, 1.165) is 12.1 Å². The molecule has 1 aliphatic rings. The first kappa shape index (κ1) is 12.1. The predicted molar refractivity (Wildman–Crippen MR) is 67.7 cm³/mol. The van der Waals surface area contributed by atoms with Crippen LogP contribution in [0.5, 0.6) is 0 Å². The van der Waals surface area contributed by atoms with E-state index in [0.29, 0.717) is 10.9 Å². The summed E-state index contributed by atoms with van der Waals surface area (Å²) >= 11 is 5.80. The fraction of sp³-hybridized carbons (Fsp3) is 0.385. The zero-order valence-corrected chi connectivity index (χ0v) is 10.3. The smallest absolute Gasteiger partial charge is 0.243 e. The van der Waals surface area contributed by atoms with Crippen LogP contribution >= 0.6 is 11.6 Å². The van der Waals surface area contributed by atoms with E-state index in [1.54, 1.807) is 12.3 Å². The van der Waals surface area contributed by atoms with E-state index < -0.39 is 0 Å². The molecule has 1 unspecified atom stereocenters. The van der Waals surface area contributed by atoms with Crippen molar-refractivity contribution < 1.29 is 4.79 Å². The summed E-state index contributed by atoms with van der Waals surface area (Å²) in [7, 11) is 0.